The van der Waals surface area contributed by atoms with E-state index in [1.54, 1.807) is 0 Å². The smallest absolute Gasteiger partial charge is 0.00741 e. The van der Waals surface area contributed by atoms with Crippen molar-refractivity contribution in [2.24, 2.45) is 5.73 Å². The Morgan fingerprint density at radius 2 is 1.15 bits per heavy atom. The standard InChI is InChI=1S/C10H14.C9H13N/c1-2-3-7-10-8-5-4-6-9-10;10-8-4-7-9-5-2-1-3-6-9/h4-6,8-9H,2-3,7H2,1H3;1-3,5-6H,4,7-8,10H2. The molecule has 0 saturated heterocycles. The summed E-state index contributed by atoms with van der Waals surface area (Å²) in [7, 11) is 0. The van der Waals surface area contributed by atoms with Crippen LogP contribution in [0, 0.1) is 0 Å². The van der Waals surface area contributed by atoms with Gasteiger partial charge in [0.25, 0.3) is 0 Å². The van der Waals surface area contributed by atoms with E-state index in [-0.39, 0.29) is 0 Å². The summed E-state index contributed by atoms with van der Waals surface area (Å²) in [4.78, 5) is 0. The molecule has 0 unspecified atom stereocenters. The van der Waals surface area contributed by atoms with Crippen LogP contribution in [0.5, 0.6) is 0 Å². The molecule has 2 N–H and O–H groups in total. The zero-order valence-corrected chi connectivity index (χ0v) is 12.6. The molecule has 0 saturated carbocycles. The SMILES string of the molecule is CCCCc1ccccc1.NCCCc1ccccc1. The van der Waals surface area contributed by atoms with Gasteiger partial charge in [-0.1, -0.05) is 74.0 Å². The van der Waals surface area contributed by atoms with Crippen molar-refractivity contribution < 1.29 is 0 Å². The van der Waals surface area contributed by atoms with Gasteiger partial charge in [0.1, 0.15) is 0 Å². The van der Waals surface area contributed by atoms with Crippen molar-refractivity contribution in [3.05, 3.63) is 71.8 Å². The third-order valence-corrected chi connectivity index (χ3v) is 3.17. The number of rotatable bonds is 6. The largest absolute Gasteiger partial charge is 0.330 e. The van der Waals surface area contributed by atoms with Crippen molar-refractivity contribution in [3.63, 3.8) is 0 Å². The first kappa shape index (κ1) is 16.5. The van der Waals surface area contributed by atoms with Gasteiger partial charge in [-0.15, -0.1) is 0 Å². The van der Waals surface area contributed by atoms with Crippen molar-refractivity contribution in [1.29, 1.82) is 0 Å². The predicted molar refractivity (Wildman–Crippen MR) is 88.9 cm³/mol. The number of aryl methyl sites for hydroxylation is 2. The Labute approximate surface area is 123 Å². The quantitative estimate of drug-likeness (QED) is 0.814. The van der Waals surface area contributed by atoms with Crippen LogP contribution in [-0.4, -0.2) is 6.54 Å². The maximum atomic E-state index is 5.38. The monoisotopic (exact) mass is 269 g/mol. The lowest BCUT2D eigenvalue weighted by Crippen LogP contribution is -1.99. The van der Waals surface area contributed by atoms with E-state index in [9.17, 15) is 0 Å². The van der Waals surface area contributed by atoms with E-state index in [1.165, 1.54) is 30.4 Å². The molecule has 0 spiro atoms. The minimum atomic E-state index is 0.787. The molecule has 0 radical (unpaired) electrons. The van der Waals surface area contributed by atoms with Crippen molar-refractivity contribution in [3.8, 4) is 0 Å². The Morgan fingerprint density at radius 1 is 0.700 bits per heavy atom. The molecular weight excluding hydrogens is 242 g/mol. The molecule has 0 aliphatic rings. The second-order valence-corrected chi connectivity index (χ2v) is 4.97. The van der Waals surface area contributed by atoms with E-state index in [4.69, 9.17) is 5.73 Å². The Kier molecular flexibility index (Phi) is 9.25. The van der Waals surface area contributed by atoms with Gasteiger partial charge in [0, 0.05) is 0 Å². The molecule has 108 valence electrons. The van der Waals surface area contributed by atoms with Gasteiger partial charge in [-0.25, -0.2) is 0 Å². The molecule has 0 heterocycles. The number of nitrogens with two attached hydrogens (primary N) is 1. The van der Waals surface area contributed by atoms with Crippen molar-refractivity contribution in [2.45, 2.75) is 39.0 Å². The topological polar surface area (TPSA) is 26.0 Å². The number of hydrogen-bond donors (Lipinski definition) is 1. The number of hydrogen-bond acceptors (Lipinski definition) is 1. The summed E-state index contributed by atoms with van der Waals surface area (Å²) < 4.78 is 0. The summed E-state index contributed by atoms with van der Waals surface area (Å²) in [5, 5.41) is 0. The van der Waals surface area contributed by atoms with Crippen LogP contribution in [-0.2, 0) is 12.8 Å². The summed E-state index contributed by atoms with van der Waals surface area (Å²) in [6, 6.07) is 21.1. The lowest BCUT2D eigenvalue weighted by atomic mass is 10.1. The van der Waals surface area contributed by atoms with Crippen LogP contribution in [0.1, 0.15) is 37.3 Å². The molecule has 0 aromatic heterocycles. The minimum Gasteiger partial charge on any atom is -0.330 e. The Hall–Kier alpha value is -1.60. The highest BCUT2D eigenvalue weighted by Gasteiger charge is 1.88. The van der Waals surface area contributed by atoms with Crippen molar-refractivity contribution in [1.82, 2.24) is 0 Å². The molecule has 0 fully saturated rings. The lowest BCUT2D eigenvalue weighted by Gasteiger charge is -1.96. The molecule has 0 atom stereocenters. The molecule has 20 heavy (non-hydrogen) atoms. The fraction of sp³-hybridized carbons (Fsp3) is 0.368. The van der Waals surface area contributed by atoms with Crippen LogP contribution in [0.15, 0.2) is 60.7 Å². The first-order valence-electron chi connectivity index (χ1n) is 7.64. The van der Waals surface area contributed by atoms with Gasteiger partial charge < -0.3 is 5.73 Å². The van der Waals surface area contributed by atoms with E-state index in [0.717, 1.165) is 19.4 Å². The van der Waals surface area contributed by atoms with E-state index < -0.39 is 0 Å². The first-order valence-corrected chi connectivity index (χ1v) is 7.64. The van der Waals surface area contributed by atoms with Crippen LogP contribution in [0.2, 0.25) is 0 Å². The highest BCUT2D eigenvalue weighted by atomic mass is 14.5. The van der Waals surface area contributed by atoms with Gasteiger partial charge in [0.2, 0.25) is 0 Å². The summed E-state index contributed by atoms with van der Waals surface area (Å²) in [5.41, 5.74) is 8.22. The fourth-order valence-electron chi connectivity index (χ4n) is 1.98. The second kappa shape index (κ2) is 11.2. The van der Waals surface area contributed by atoms with Crippen LogP contribution in [0.4, 0.5) is 0 Å². The van der Waals surface area contributed by atoms with Gasteiger partial charge in [0.05, 0.1) is 0 Å². The van der Waals surface area contributed by atoms with E-state index in [1.807, 2.05) is 6.07 Å². The first-order chi connectivity index (χ1) is 9.86. The third-order valence-electron chi connectivity index (χ3n) is 3.17. The zero-order chi connectivity index (χ0) is 14.5. The summed E-state index contributed by atoms with van der Waals surface area (Å²) in [5.74, 6) is 0. The normalized spacial score (nSPS) is 9.70. The van der Waals surface area contributed by atoms with Gasteiger partial charge in [0.15, 0.2) is 0 Å². The maximum Gasteiger partial charge on any atom is -0.00741 e. The molecular formula is C19H27N. The highest BCUT2D eigenvalue weighted by molar-refractivity contribution is 5.15. The van der Waals surface area contributed by atoms with Crippen molar-refractivity contribution >= 4 is 0 Å². The molecule has 2 rings (SSSR count). The van der Waals surface area contributed by atoms with E-state index in [2.05, 4.69) is 61.5 Å². The molecule has 2 aromatic carbocycles. The highest BCUT2D eigenvalue weighted by Crippen LogP contribution is 2.03. The van der Waals surface area contributed by atoms with Crippen LogP contribution in [0.25, 0.3) is 0 Å². The zero-order valence-electron chi connectivity index (χ0n) is 12.6. The van der Waals surface area contributed by atoms with Crippen LogP contribution in [0.3, 0.4) is 0 Å². The summed E-state index contributed by atoms with van der Waals surface area (Å²) >= 11 is 0. The molecule has 0 bridgehead atoms. The molecule has 0 aliphatic heterocycles. The second-order valence-electron chi connectivity index (χ2n) is 4.97. The van der Waals surface area contributed by atoms with E-state index >= 15 is 0 Å². The number of unbranched alkanes of at least 4 members (excludes halogenated alkanes) is 1. The predicted octanol–water partition coefficient (Wildman–Crippen LogP) is 4.61. The molecule has 2 aromatic rings. The van der Waals surface area contributed by atoms with Crippen molar-refractivity contribution in [2.75, 3.05) is 6.54 Å². The fourth-order valence-corrected chi connectivity index (χ4v) is 1.98. The molecule has 1 nitrogen and oxygen atoms in total. The van der Waals surface area contributed by atoms with E-state index in [0.29, 0.717) is 0 Å². The lowest BCUT2D eigenvalue weighted by molar-refractivity contribution is 0.795. The number of benzene rings is 2. The third kappa shape index (κ3) is 7.75. The summed E-state index contributed by atoms with van der Waals surface area (Å²) in [6.07, 6.45) is 6.03. The Morgan fingerprint density at radius 3 is 1.55 bits per heavy atom. The molecule has 0 amide bonds. The van der Waals surface area contributed by atoms with Gasteiger partial charge in [-0.3, -0.25) is 0 Å². The van der Waals surface area contributed by atoms with Gasteiger partial charge in [-0.05, 0) is 43.4 Å². The van der Waals surface area contributed by atoms with Gasteiger partial charge >= 0.3 is 0 Å². The van der Waals surface area contributed by atoms with Gasteiger partial charge in [-0.2, -0.15) is 0 Å². The molecule has 1 heteroatoms. The average Bonchev–Trinajstić information content (AvgIpc) is 2.53. The van der Waals surface area contributed by atoms with Crippen LogP contribution >= 0.6 is 0 Å². The Bertz CT molecular complexity index is 379. The average molecular weight is 269 g/mol. The maximum absolute atomic E-state index is 5.38. The minimum absolute atomic E-state index is 0.787. The summed E-state index contributed by atoms with van der Waals surface area (Å²) in [6.45, 7) is 3.01. The molecule has 0 aliphatic carbocycles. The van der Waals surface area contributed by atoms with Crippen LogP contribution < -0.4 is 5.73 Å². The Balaban J connectivity index is 0.000000200.